The Kier molecular flexibility index (Phi) is 6.26. The lowest BCUT2D eigenvalue weighted by atomic mass is 10.1. The fourth-order valence-corrected chi connectivity index (χ4v) is 4.08. The van der Waals surface area contributed by atoms with Crippen LogP contribution < -0.4 is 21.7 Å². The molecule has 0 spiro atoms. The Morgan fingerprint density at radius 1 is 1.11 bits per heavy atom. The summed E-state index contributed by atoms with van der Waals surface area (Å²) in [7, 11) is 1.88. The number of carbonyl (C=O) groups excluding carboxylic acids is 2. The fraction of sp³-hybridized carbons (Fsp3) is 0.111. The van der Waals surface area contributed by atoms with Crippen molar-refractivity contribution in [3.63, 3.8) is 0 Å². The van der Waals surface area contributed by atoms with E-state index in [1.807, 2.05) is 11.6 Å². The summed E-state index contributed by atoms with van der Waals surface area (Å²) in [4.78, 5) is 33.1. The van der Waals surface area contributed by atoms with Crippen molar-refractivity contribution >= 4 is 29.3 Å². The minimum Gasteiger partial charge on any atom is -0.368 e. The first-order valence-corrected chi connectivity index (χ1v) is 11.4. The molecule has 0 unspecified atom stereocenters. The lowest BCUT2D eigenvalue weighted by Gasteiger charge is -2.14. The lowest BCUT2D eigenvalue weighted by molar-refractivity contribution is 0.0945. The Balaban J connectivity index is 1.39. The minimum atomic E-state index is -0.470. The maximum Gasteiger partial charge on any atom is 0.323 e. The molecule has 5 N–H and O–H groups in total. The van der Waals surface area contributed by atoms with Crippen LogP contribution in [0.15, 0.2) is 60.8 Å². The van der Waals surface area contributed by atoms with Gasteiger partial charge in [0.05, 0.1) is 16.8 Å². The van der Waals surface area contributed by atoms with Crippen molar-refractivity contribution in [3.8, 4) is 23.2 Å². The number of carbonyl (C=O) groups is 2. The molecule has 10 heteroatoms. The SMILES string of the molecule is Cn1c(-c2nc(N)ncc2C#Cc2cccc(NC(=O)Nc3ccc(F)cc3)c2)cc2c1CCNC2=O. The molecule has 37 heavy (non-hydrogen) atoms. The maximum atomic E-state index is 13.1. The Labute approximate surface area is 211 Å². The smallest absolute Gasteiger partial charge is 0.323 e. The van der Waals surface area contributed by atoms with Crippen molar-refractivity contribution in [1.82, 2.24) is 19.9 Å². The highest BCUT2D eigenvalue weighted by Crippen LogP contribution is 2.28. The third-order valence-corrected chi connectivity index (χ3v) is 5.86. The number of aromatic nitrogens is 3. The van der Waals surface area contributed by atoms with Gasteiger partial charge in [0.2, 0.25) is 5.95 Å². The molecule has 0 saturated heterocycles. The molecule has 1 aliphatic heterocycles. The van der Waals surface area contributed by atoms with E-state index in [4.69, 9.17) is 5.73 Å². The number of hydrogen-bond acceptors (Lipinski definition) is 5. The fourth-order valence-electron chi connectivity index (χ4n) is 4.08. The highest BCUT2D eigenvalue weighted by Gasteiger charge is 2.24. The van der Waals surface area contributed by atoms with Gasteiger partial charge in [-0.1, -0.05) is 17.9 Å². The Bertz CT molecular complexity index is 1580. The van der Waals surface area contributed by atoms with Crippen LogP contribution in [0.25, 0.3) is 11.4 Å². The summed E-state index contributed by atoms with van der Waals surface area (Å²) in [6, 6.07) is 13.8. The zero-order valence-electron chi connectivity index (χ0n) is 19.8. The number of hydrogen-bond donors (Lipinski definition) is 4. The van der Waals surface area contributed by atoms with Crippen LogP contribution in [0.5, 0.6) is 0 Å². The number of benzene rings is 2. The van der Waals surface area contributed by atoms with Gasteiger partial charge in [-0.3, -0.25) is 4.79 Å². The van der Waals surface area contributed by atoms with Gasteiger partial charge in [-0.15, -0.1) is 0 Å². The van der Waals surface area contributed by atoms with Crippen LogP contribution in [0.1, 0.15) is 27.2 Å². The quantitative estimate of drug-likeness (QED) is 0.324. The summed E-state index contributed by atoms with van der Waals surface area (Å²) in [6.45, 7) is 0.577. The van der Waals surface area contributed by atoms with Gasteiger partial charge in [0.1, 0.15) is 11.5 Å². The third kappa shape index (κ3) is 5.11. The first-order valence-electron chi connectivity index (χ1n) is 11.4. The van der Waals surface area contributed by atoms with Gasteiger partial charge < -0.3 is 26.3 Å². The number of amides is 3. The summed E-state index contributed by atoms with van der Waals surface area (Å²) in [6.07, 6.45) is 2.27. The number of fused-ring (bicyclic) bond motifs is 1. The van der Waals surface area contributed by atoms with E-state index in [-0.39, 0.29) is 17.7 Å². The summed E-state index contributed by atoms with van der Waals surface area (Å²) in [5.74, 6) is 5.76. The van der Waals surface area contributed by atoms with E-state index >= 15 is 0 Å². The van der Waals surface area contributed by atoms with Crippen LogP contribution in [0, 0.1) is 17.7 Å². The van der Waals surface area contributed by atoms with Crippen LogP contribution in [-0.4, -0.2) is 33.0 Å². The Hall–Kier alpha value is -5.17. The van der Waals surface area contributed by atoms with Gasteiger partial charge in [0.15, 0.2) is 0 Å². The second-order valence-corrected chi connectivity index (χ2v) is 8.36. The van der Waals surface area contributed by atoms with Crippen molar-refractivity contribution in [1.29, 1.82) is 0 Å². The Morgan fingerprint density at radius 3 is 2.68 bits per heavy atom. The number of nitrogens with two attached hydrogens (primary N) is 1. The van der Waals surface area contributed by atoms with Crippen molar-refractivity contribution in [2.45, 2.75) is 6.42 Å². The first kappa shape index (κ1) is 23.6. The predicted octanol–water partition coefficient (Wildman–Crippen LogP) is 3.53. The normalized spacial score (nSPS) is 12.1. The van der Waals surface area contributed by atoms with E-state index in [0.29, 0.717) is 52.4 Å². The average Bonchev–Trinajstić information content (AvgIpc) is 3.22. The molecule has 1 aliphatic rings. The highest BCUT2D eigenvalue weighted by atomic mass is 19.1. The number of nitrogens with zero attached hydrogens (tertiary/aromatic N) is 3. The number of urea groups is 1. The molecular formula is C27H22FN7O2. The molecule has 0 aliphatic carbocycles. The standard InChI is InChI=1S/C27H22FN7O2/c1-35-22-11-12-30-25(36)21(22)14-23(35)24-17(15-31-26(29)34-24)6-5-16-3-2-4-20(13-16)33-27(37)32-19-9-7-18(28)8-10-19/h2-4,7-10,13-15H,11-12H2,1H3,(H,30,36)(H2,29,31,34)(H2,32,33,37). The molecule has 2 aromatic heterocycles. The molecule has 9 nitrogen and oxygen atoms in total. The van der Waals surface area contributed by atoms with E-state index in [2.05, 4.69) is 37.8 Å². The van der Waals surface area contributed by atoms with Crippen LogP contribution in [0.2, 0.25) is 0 Å². The van der Waals surface area contributed by atoms with Gasteiger partial charge in [0, 0.05) is 48.8 Å². The molecule has 5 rings (SSSR count). The largest absolute Gasteiger partial charge is 0.368 e. The molecule has 184 valence electrons. The van der Waals surface area contributed by atoms with E-state index in [0.717, 1.165) is 5.69 Å². The van der Waals surface area contributed by atoms with Crippen molar-refractivity contribution in [2.75, 3.05) is 22.9 Å². The molecular weight excluding hydrogens is 473 g/mol. The number of nitrogen functional groups attached to an aromatic ring is 1. The van der Waals surface area contributed by atoms with Gasteiger partial charge in [-0.05, 0) is 48.5 Å². The monoisotopic (exact) mass is 495 g/mol. The van der Waals surface area contributed by atoms with E-state index in [1.165, 1.54) is 24.3 Å². The predicted molar refractivity (Wildman–Crippen MR) is 138 cm³/mol. The lowest BCUT2D eigenvalue weighted by Crippen LogP contribution is -2.31. The molecule has 0 atom stereocenters. The molecule has 0 bridgehead atoms. The summed E-state index contributed by atoms with van der Waals surface area (Å²) >= 11 is 0. The number of anilines is 3. The summed E-state index contributed by atoms with van der Waals surface area (Å²) in [5.41, 5.74) is 10.8. The highest BCUT2D eigenvalue weighted by molar-refractivity contribution is 6.00. The number of halogens is 1. The zero-order valence-corrected chi connectivity index (χ0v) is 19.8. The number of nitrogens with one attached hydrogen (secondary N) is 3. The molecule has 3 amide bonds. The van der Waals surface area contributed by atoms with Crippen molar-refractivity contribution in [2.24, 2.45) is 7.05 Å². The Morgan fingerprint density at radius 2 is 1.89 bits per heavy atom. The van der Waals surface area contributed by atoms with Crippen molar-refractivity contribution < 1.29 is 14.0 Å². The molecule has 0 radical (unpaired) electrons. The molecule has 4 aromatic rings. The topological polar surface area (TPSA) is 127 Å². The first-order chi connectivity index (χ1) is 17.9. The van der Waals surface area contributed by atoms with Crippen molar-refractivity contribution in [3.05, 3.63) is 89.0 Å². The average molecular weight is 496 g/mol. The van der Waals surface area contributed by atoms with Gasteiger partial charge >= 0.3 is 6.03 Å². The van der Waals surface area contributed by atoms with E-state index < -0.39 is 6.03 Å². The van der Waals surface area contributed by atoms with Gasteiger partial charge in [0.25, 0.3) is 5.91 Å². The van der Waals surface area contributed by atoms with E-state index in [9.17, 15) is 14.0 Å². The van der Waals surface area contributed by atoms with Gasteiger partial charge in [-0.25, -0.2) is 19.2 Å². The second-order valence-electron chi connectivity index (χ2n) is 8.36. The second kappa shape index (κ2) is 9.83. The van der Waals surface area contributed by atoms with Crippen LogP contribution in [-0.2, 0) is 13.5 Å². The molecule has 0 fully saturated rings. The summed E-state index contributed by atoms with van der Waals surface area (Å²) < 4.78 is 15.0. The van der Waals surface area contributed by atoms with E-state index in [1.54, 1.807) is 36.5 Å². The van der Waals surface area contributed by atoms with Crippen LogP contribution in [0.3, 0.4) is 0 Å². The number of rotatable bonds is 3. The summed E-state index contributed by atoms with van der Waals surface area (Å²) in [5, 5.41) is 8.23. The molecule has 0 saturated carbocycles. The van der Waals surface area contributed by atoms with Crippen LogP contribution >= 0.6 is 0 Å². The van der Waals surface area contributed by atoms with Gasteiger partial charge in [-0.2, -0.15) is 0 Å². The third-order valence-electron chi connectivity index (χ3n) is 5.86. The van der Waals surface area contributed by atoms with Crippen LogP contribution in [0.4, 0.5) is 26.5 Å². The zero-order chi connectivity index (χ0) is 25.9. The minimum absolute atomic E-state index is 0.0996. The molecule has 2 aromatic carbocycles. The molecule has 3 heterocycles. The maximum absolute atomic E-state index is 13.1.